The van der Waals surface area contributed by atoms with Crippen LogP contribution in [0.2, 0.25) is 0 Å². The second-order valence-corrected chi connectivity index (χ2v) is 8.25. The Hall–Kier alpha value is -2.85. The SMILES string of the molecule is CCOCCn1nc(C(C)C)c2nc(N3CCN[C@H](CC)C3)nc(Nc3ccncn3)c21. The first-order valence-electron chi connectivity index (χ1n) is 11.5. The average Bonchev–Trinajstić information content (AvgIpc) is 3.19. The van der Waals surface area contributed by atoms with E-state index in [9.17, 15) is 0 Å². The van der Waals surface area contributed by atoms with E-state index >= 15 is 0 Å². The number of hydrogen-bond donors (Lipinski definition) is 2. The molecule has 4 rings (SSSR count). The molecule has 0 amide bonds. The van der Waals surface area contributed by atoms with Crippen molar-refractivity contribution in [1.82, 2.24) is 35.0 Å². The maximum Gasteiger partial charge on any atom is 0.228 e. The molecule has 0 bridgehead atoms. The number of hydrogen-bond acceptors (Lipinski definition) is 9. The Balaban J connectivity index is 1.82. The summed E-state index contributed by atoms with van der Waals surface area (Å²) in [6.45, 7) is 13.0. The molecule has 1 fully saturated rings. The van der Waals surface area contributed by atoms with Gasteiger partial charge in [-0.25, -0.2) is 15.0 Å². The largest absolute Gasteiger partial charge is 0.380 e. The summed E-state index contributed by atoms with van der Waals surface area (Å²) < 4.78 is 7.56. The third-order valence-corrected chi connectivity index (χ3v) is 5.66. The van der Waals surface area contributed by atoms with E-state index in [1.54, 1.807) is 6.20 Å². The predicted octanol–water partition coefficient (Wildman–Crippen LogP) is 2.71. The van der Waals surface area contributed by atoms with Crippen molar-refractivity contribution in [3.63, 3.8) is 0 Å². The van der Waals surface area contributed by atoms with Crippen LogP contribution in [0.5, 0.6) is 0 Å². The third-order valence-electron chi connectivity index (χ3n) is 5.66. The maximum atomic E-state index is 5.60. The van der Waals surface area contributed by atoms with Gasteiger partial charge in [0.1, 0.15) is 23.2 Å². The molecule has 3 aromatic rings. The molecule has 0 radical (unpaired) electrons. The lowest BCUT2D eigenvalue weighted by molar-refractivity contribution is 0.137. The van der Waals surface area contributed by atoms with Crippen LogP contribution in [0.1, 0.15) is 45.7 Å². The van der Waals surface area contributed by atoms with E-state index in [4.69, 9.17) is 19.8 Å². The van der Waals surface area contributed by atoms with Crippen LogP contribution in [0.4, 0.5) is 17.6 Å². The molecular weight excluding hydrogens is 406 g/mol. The summed E-state index contributed by atoms with van der Waals surface area (Å²) in [5.74, 6) is 2.33. The van der Waals surface area contributed by atoms with Gasteiger partial charge >= 0.3 is 0 Å². The van der Waals surface area contributed by atoms with Crippen LogP contribution >= 0.6 is 0 Å². The summed E-state index contributed by atoms with van der Waals surface area (Å²) in [5, 5.41) is 11.9. The van der Waals surface area contributed by atoms with Gasteiger partial charge in [-0.05, 0) is 25.3 Å². The number of nitrogens with zero attached hydrogens (tertiary/aromatic N) is 7. The van der Waals surface area contributed by atoms with E-state index in [0.29, 0.717) is 37.4 Å². The topological polar surface area (TPSA) is 106 Å². The van der Waals surface area contributed by atoms with Gasteiger partial charge in [-0.1, -0.05) is 20.8 Å². The highest BCUT2D eigenvalue weighted by Crippen LogP contribution is 2.31. The standard InChI is InChI=1S/C22H33N9O/c1-5-16-13-30(10-9-24-16)22-27-19-18(15(3)4)29-31(11-12-32-6-2)20(19)21(28-22)26-17-7-8-23-14-25-17/h7-8,14-16,24H,5-6,9-13H2,1-4H3,(H,23,25,26,27,28)/t16-/m1/s1. The fourth-order valence-electron chi connectivity index (χ4n) is 3.93. The number of anilines is 3. The van der Waals surface area contributed by atoms with Crippen LogP contribution in [-0.2, 0) is 11.3 Å². The molecule has 172 valence electrons. The number of aromatic nitrogens is 6. The number of rotatable bonds is 9. The van der Waals surface area contributed by atoms with Crippen molar-refractivity contribution in [1.29, 1.82) is 0 Å². The van der Waals surface area contributed by atoms with Crippen molar-refractivity contribution < 1.29 is 4.74 Å². The zero-order valence-corrected chi connectivity index (χ0v) is 19.4. The molecule has 32 heavy (non-hydrogen) atoms. The van der Waals surface area contributed by atoms with Gasteiger partial charge in [-0.3, -0.25) is 4.68 Å². The van der Waals surface area contributed by atoms with Crippen LogP contribution in [0, 0.1) is 0 Å². The van der Waals surface area contributed by atoms with Gasteiger partial charge in [0.15, 0.2) is 5.82 Å². The molecule has 3 aromatic heterocycles. The molecule has 0 aliphatic carbocycles. The molecule has 10 heteroatoms. The molecule has 10 nitrogen and oxygen atoms in total. The summed E-state index contributed by atoms with van der Waals surface area (Å²) in [5.41, 5.74) is 2.72. The first-order chi connectivity index (χ1) is 15.6. The van der Waals surface area contributed by atoms with Gasteiger partial charge in [0.25, 0.3) is 0 Å². The zero-order chi connectivity index (χ0) is 22.5. The third kappa shape index (κ3) is 4.81. The molecule has 1 aliphatic rings. The molecule has 1 atom stereocenters. The summed E-state index contributed by atoms with van der Waals surface area (Å²) in [6.07, 6.45) is 4.30. The minimum atomic E-state index is 0.229. The minimum absolute atomic E-state index is 0.229. The Morgan fingerprint density at radius 3 is 2.88 bits per heavy atom. The van der Waals surface area contributed by atoms with Crippen molar-refractivity contribution >= 4 is 28.6 Å². The highest BCUT2D eigenvalue weighted by molar-refractivity contribution is 5.90. The molecule has 2 N–H and O–H groups in total. The Morgan fingerprint density at radius 1 is 1.28 bits per heavy atom. The quantitative estimate of drug-likeness (QED) is 0.487. The molecule has 0 unspecified atom stereocenters. The molecule has 1 aliphatic heterocycles. The summed E-state index contributed by atoms with van der Waals surface area (Å²) in [6, 6.07) is 2.26. The lowest BCUT2D eigenvalue weighted by Crippen LogP contribution is -2.51. The van der Waals surface area contributed by atoms with E-state index in [1.807, 2.05) is 17.7 Å². The van der Waals surface area contributed by atoms with Crippen molar-refractivity contribution in [2.75, 3.05) is 43.1 Å². The Bertz CT molecular complexity index is 1020. The first kappa shape index (κ1) is 22.3. The zero-order valence-electron chi connectivity index (χ0n) is 19.4. The normalized spacial score (nSPS) is 16.8. The van der Waals surface area contributed by atoms with E-state index in [0.717, 1.165) is 48.7 Å². The number of nitrogens with one attached hydrogen (secondary N) is 2. The van der Waals surface area contributed by atoms with Crippen LogP contribution < -0.4 is 15.5 Å². The average molecular weight is 440 g/mol. The second kappa shape index (κ2) is 10.2. The van der Waals surface area contributed by atoms with Crippen LogP contribution in [0.25, 0.3) is 11.0 Å². The monoisotopic (exact) mass is 439 g/mol. The van der Waals surface area contributed by atoms with Gasteiger partial charge in [-0.15, -0.1) is 0 Å². The summed E-state index contributed by atoms with van der Waals surface area (Å²) in [7, 11) is 0. The van der Waals surface area contributed by atoms with Crippen LogP contribution in [-0.4, -0.2) is 68.6 Å². The van der Waals surface area contributed by atoms with Gasteiger partial charge in [0.2, 0.25) is 5.95 Å². The fourth-order valence-corrected chi connectivity index (χ4v) is 3.93. The van der Waals surface area contributed by atoms with Crippen molar-refractivity contribution in [2.24, 2.45) is 0 Å². The Kier molecular flexibility index (Phi) is 7.11. The van der Waals surface area contributed by atoms with Crippen molar-refractivity contribution in [2.45, 2.75) is 52.6 Å². The first-order valence-corrected chi connectivity index (χ1v) is 11.5. The fraction of sp³-hybridized carbons (Fsp3) is 0.591. The minimum Gasteiger partial charge on any atom is -0.380 e. The van der Waals surface area contributed by atoms with Gasteiger partial charge in [0, 0.05) is 38.5 Å². The number of fused-ring (bicyclic) bond motifs is 1. The predicted molar refractivity (Wildman–Crippen MR) is 126 cm³/mol. The maximum absolute atomic E-state index is 5.60. The highest BCUT2D eigenvalue weighted by Gasteiger charge is 2.25. The van der Waals surface area contributed by atoms with Crippen molar-refractivity contribution in [3.8, 4) is 0 Å². The summed E-state index contributed by atoms with van der Waals surface area (Å²) >= 11 is 0. The molecule has 0 spiro atoms. The van der Waals surface area contributed by atoms with Gasteiger partial charge < -0.3 is 20.3 Å². The number of ether oxygens (including phenoxy) is 1. The highest BCUT2D eigenvalue weighted by atomic mass is 16.5. The van der Waals surface area contributed by atoms with E-state index in [2.05, 4.69) is 46.3 Å². The Morgan fingerprint density at radius 2 is 2.16 bits per heavy atom. The summed E-state index contributed by atoms with van der Waals surface area (Å²) in [4.78, 5) is 20.6. The van der Waals surface area contributed by atoms with E-state index in [-0.39, 0.29) is 5.92 Å². The second-order valence-electron chi connectivity index (χ2n) is 8.25. The van der Waals surface area contributed by atoms with Crippen LogP contribution in [0.3, 0.4) is 0 Å². The van der Waals surface area contributed by atoms with Gasteiger partial charge in [0.05, 0.1) is 18.8 Å². The smallest absolute Gasteiger partial charge is 0.228 e. The molecular formula is C22H33N9O. The van der Waals surface area contributed by atoms with Crippen LogP contribution in [0.15, 0.2) is 18.6 Å². The molecule has 4 heterocycles. The molecule has 0 aromatic carbocycles. The number of piperazine rings is 1. The van der Waals surface area contributed by atoms with Gasteiger partial charge in [-0.2, -0.15) is 10.1 Å². The van der Waals surface area contributed by atoms with E-state index < -0.39 is 0 Å². The molecule has 0 saturated carbocycles. The Labute approximate surface area is 188 Å². The lowest BCUT2D eigenvalue weighted by Gasteiger charge is -2.33. The van der Waals surface area contributed by atoms with Crippen molar-refractivity contribution in [3.05, 3.63) is 24.3 Å². The lowest BCUT2D eigenvalue weighted by atomic mass is 10.1. The molecule has 1 saturated heterocycles. The van der Waals surface area contributed by atoms with E-state index in [1.165, 1.54) is 6.33 Å².